The average Bonchev–Trinajstić information content (AvgIpc) is 2.97. The van der Waals surface area contributed by atoms with E-state index >= 15 is 0 Å². The first-order valence-electron chi connectivity index (χ1n) is 8.18. The van der Waals surface area contributed by atoms with Gasteiger partial charge in [0.1, 0.15) is 5.54 Å². The molecule has 0 spiro atoms. The van der Waals surface area contributed by atoms with Gasteiger partial charge < -0.3 is 19.9 Å². The fourth-order valence-corrected chi connectivity index (χ4v) is 4.60. The zero-order valence-corrected chi connectivity index (χ0v) is 15.0. The van der Waals surface area contributed by atoms with Gasteiger partial charge in [-0.25, -0.2) is 4.79 Å². The van der Waals surface area contributed by atoms with Crippen molar-refractivity contribution in [1.82, 2.24) is 5.32 Å². The number of thiophene rings is 1. The molecule has 1 amide bonds. The Bertz CT molecular complexity index is 644. The van der Waals surface area contributed by atoms with Crippen LogP contribution in [0, 0.1) is 5.41 Å². The van der Waals surface area contributed by atoms with E-state index in [2.05, 4.69) is 5.32 Å². The molecule has 2 N–H and O–H groups in total. The van der Waals surface area contributed by atoms with Gasteiger partial charge in [-0.15, -0.1) is 11.3 Å². The Balaban J connectivity index is 1.81. The van der Waals surface area contributed by atoms with Crippen molar-refractivity contribution in [2.24, 2.45) is 5.41 Å². The van der Waals surface area contributed by atoms with Crippen LogP contribution in [-0.4, -0.2) is 41.8 Å². The van der Waals surface area contributed by atoms with E-state index in [1.54, 1.807) is 0 Å². The molecule has 1 aliphatic heterocycles. The van der Waals surface area contributed by atoms with Gasteiger partial charge in [0.25, 0.3) is 5.91 Å². The maximum Gasteiger partial charge on any atom is 0.330 e. The number of rotatable bonds is 5. The van der Waals surface area contributed by atoms with Crippen molar-refractivity contribution in [1.29, 1.82) is 0 Å². The van der Waals surface area contributed by atoms with Gasteiger partial charge in [0.2, 0.25) is 0 Å². The molecule has 1 aliphatic carbocycles. The largest absolute Gasteiger partial charge is 0.479 e. The maximum atomic E-state index is 12.7. The first kappa shape index (κ1) is 17.4. The Morgan fingerprint density at radius 2 is 2.25 bits per heavy atom. The van der Waals surface area contributed by atoms with E-state index in [0.717, 1.165) is 16.9 Å². The van der Waals surface area contributed by atoms with Gasteiger partial charge in [0, 0.05) is 29.7 Å². The molecule has 1 aromatic rings. The lowest BCUT2D eigenvalue weighted by Gasteiger charge is -2.58. The number of hydrogen-bond acceptors (Lipinski definition) is 5. The standard InChI is InChI=1S/C17H23NO5S/c1-4-23-13-8-17(15(20)21,16(13,2)3)18-14(19)12-7-10-9-22-6-5-11(10)24-12/h7,13H,4-6,8-9H2,1-3H3,(H,18,19)(H,20,21). The number of nitrogens with one attached hydrogen (secondary N) is 1. The van der Waals surface area contributed by atoms with Crippen LogP contribution in [0.25, 0.3) is 0 Å². The molecule has 2 atom stereocenters. The molecule has 3 rings (SSSR count). The zero-order valence-electron chi connectivity index (χ0n) is 14.2. The van der Waals surface area contributed by atoms with Crippen molar-refractivity contribution in [2.75, 3.05) is 13.2 Å². The van der Waals surface area contributed by atoms with Crippen molar-refractivity contribution in [3.8, 4) is 0 Å². The van der Waals surface area contributed by atoms with Crippen molar-refractivity contribution in [2.45, 2.75) is 51.9 Å². The Hall–Kier alpha value is -1.44. The monoisotopic (exact) mass is 353 g/mol. The molecule has 2 heterocycles. The number of ether oxygens (including phenoxy) is 2. The lowest BCUT2D eigenvalue weighted by molar-refractivity contribution is -0.190. The second-order valence-corrected chi connectivity index (χ2v) is 8.03. The summed E-state index contributed by atoms with van der Waals surface area (Å²) in [6.07, 6.45) is 0.905. The van der Waals surface area contributed by atoms with Gasteiger partial charge in [-0.2, -0.15) is 0 Å². The Morgan fingerprint density at radius 3 is 2.83 bits per heavy atom. The van der Waals surface area contributed by atoms with Crippen LogP contribution in [0.4, 0.5) is 0 Å². The molecule has 7 heteroatoms. The highest BCUT2D eigenvalue weighted by Crippen LogP contribution is 2.51. The summed E-state index contributed by atoms with van der Waals surface area (Å²) in [6.45, 7) is 7.25. The third-order valence-electron chi connectivity index (χ3n) is 5.31. The predicted molar refractivity (Wildman–Crippen MR) is 89.3 cm³/mol. The van der Waals surface area contributed by atoms with E-state index in [1.165, 1.54) is 11.3 Å². The summed E-state index contributed by atoms with van der Waals surface area (Å²) in [4.78, 5) is 26.3. The molecule has 1 fully saturated rings. The number of carbonyl (C=O) groups excluding carboxylic acids is 1. The molecule has 0 bridgehead atoms. The third kappa shape index (κ3) is 2.55. The number of carbonyl (C=O) groups is 2. The van der Waals surface area contributed by atoms with Crippen LogP contribution < -0.4 is 5.32 Å². The predicted octanol–water partition coefficient (Wildman–Crippen LogP) is 2.21. The van der Waals surface area contributed by atoms with E-state index in [9.17, 15) is 14.7 Å². The fourth-order valence-electron chi connectivity index (χ4n) is 3.55. The minimum absolute atomic E-state index is 0.177. The molecular formula is C17H23NO5S. The van der Waals surface area contributed by atoms with Crippen LogP contribution in [0.3, 0.4) is 0 Å². The SMILES string of the molecule is CCOC1CC(NC(=O)c2cc3c(s2)CCOC3)(C(=O)O)C1(C)C. The molecule has 0 radical (unpaired) electrons. The second-order valence-electron chi connectivity index (χ2n) is 6.90. The van der Waals surface area contributed by atoms with Crippen LogP contribution in [0.5, 0.6) is 0 Å². The molecule has 6 nitrogen and oxygen atoms in total. The Morgan fingerprint density at radius 1 is 1.50 bits per heavy atom. The topological polar surface area (TPSA) is 84.9 Å². The highest BCUT2D eigenvalue weighted by atomic mass is 32.1. The lowest BCUT2D eigenvalue weighted by atomic mass is 9.54. The van der Waals surface area contributed by atoms with Crippen LogP contribution in [0.2, 0.25) is 0 Å². The Labute approximate surface area is 145 Å². The van der Waals surface area contributed by atoms with Crippen molar-refractivity contribution in [3.63, 3.8) is 0 Å². The normalized spacial score (nSPS) is 27.9. The molecule has 1 saturated carbocycles. The van der Waals surface area contributed by atoms with Crippen LogP contribution >= 0.6 is 11.3 Å². The van der Waals surface area contributed by atoms with E-state index < -0.39 is 16.9 Å². The van der Waals surface area contributed by atoms with E-state index in [4.69, 9.17) is 9.47 Å². The molecule has 0 saturated heterocycles. The first-order valence-corrected chi connectivity index (χ1v) is 9.00. The van der Waals surface area contributed by atoms with Crippen molar-refractivity contribution < 1.29 is 24.2 Å². The van der Waals surface area contributed by atoms with Crippen molar-refractivity contribution >= 4 is 23.2 Å². The quantitative estimate of drug-likeness (QED) is 0.848. The van der Waals surface area contributed by atoms with Gasteiger partial charge in [0.15, 0.2) is 0 Å². The molecule has 1 aromatic heterocycles. The first-order chi connectivity index (χ1) is 11.3. The van der Waals surface area contributed by atoms with Crippen LogP contribution in [-0.2, 0) is 27.3 Å². The maximum absolute atomic E-state index is 12.7. The van der Waals surface area contributed by atoms with Crippen molar-refractivity contribution in [3.05, 3.63) is 21.4 Å². The average molecular weight is 353 g/mol. The summed E-state index contributed by atoms with van der Waals surface area (Å²) in [7, 11) is 0. The summed E-state index contributed by atoms with van der Waals surface area (Å²) in [5, 5.41) is 12.6. The highest BCUT2D eigenvalue weighted by Gasteiger charge is 2.66. The number of amides is 1. The highest BCUT2D eigenvalue weighted by molar-refractivity contribution is 7.14. The summed E-state index contributed by atoms with van der Waals surface area (Å²) in [5.41, 5.74) is -0.948. The van der Waals surface area contributed by atoms with Gasteiger partial charge in [-0.1, -0.05) is 13.8 Å². The number of carboxylic acid groups (broad SMARTS) is 1. The molecule has 0 aromatic carbocycles. The Kier molecular flexibility index (Phi) is 4.44. The van der Waals surface area contributed by atoms with E-state index in [0.29, 0.717) is 24.7 Å². The van der Waals surface area contributed by atoms with Gasteiger partial charge in [-0.3, -0.25) is 4.79 Å². The third-order valence-corrected chi connectivity index (χ3v) is 6.54. The summed E-state index contributed by atoms with van der Waals surface area (Å²) >= 11 is 1.43. The smallest absolute Gasteiger partial charge is 0.330 e. The van der Waals surface area contributed by atoms with Crippen LogP contribution in [0.1, 0.15) is 47.3 Å². The second kappa shape index (κ2) is 6.13. The van der Waals surface area contributed by atoms with Gasteiger partial charge >= 0.3 is 5.97 Å². The minimum Gasteiger partial charge on any atom is -0.479 e. The number of carboxylic acids is 1. The molecular weight excluding hydrogens is 330 g/mol. The minimum atomic E-state index is -1.30. The number of fused-ring (bicyclic) bond motifs is 1. The molecule has 2 aliphatic rings. The summed E-state index contributed by atoms with van der Waals surface area (Å²) in [5.74, 6) is -1.35. The lowest BCUT2D eigenvalue weighted by Crippen LogP contribution is -2.76. The van der Waals surface area contributed by atoms with Gasteiger partial charge in [-0.05, 0) is 18.6 Å². The van der Waals surface area contributed by atoms with Gasteiger partial charge in [0.05, 0.1) is 24.2 Å². The van der Waals surface area contributed by atoms with Crippen LogP contribution in [0.15, 0.2) is 6.07 Å². The number of hydrogen-bond donors (Lipinski definition) is 2. The molecule has 2 unspecified atom stereocenters. The fraction of sp³-hybridized carbons (Fsp3) is 0.647. The number of aliphatic carboxylic acids is 1. The zero-order chi connectivity index (χ0) is 17.5. The summed E-state index contributed by atoms with van der Waals surface area (Å²) in [6, 6.07) is 1.82. The summed E-state index contributed by atoms with van der Waals surface area (Å²) < 4.78 is 11.0. The molecule has 132 valence electrons. The molecule has 24 heavy (non-hydrogen) atoms. The van der Waals surface area contributed by atoms with E-state index in [-0.39, 0.29) is 18.4 Å². The van der Waals surface area contributed by atoms with E-state index in [1.807, 2.05) is 26.8 Å².